The van der Waals surface area contributed by atoms with Gasteiger partial charge in [-0.05, 0) is 39.5 Å². The molecular formula is C15H25N3O3. The molecule has 6 nitrogen and oxygen atoms in total. The Morgan fingerprint density at radius 2 is 2.38 bits per heavy atom. The Hall–Kier alpha value is -1.56. The van der Waals surface area contributed by atoms with Gasteiger partial charge in [-0.25, -0.2) is 9.78 Å². The lowest BCUT2D eigenvalue weighted by Gasteiger charge is -2.34. The van der Waals surface area contributed by atoms with Gasteiger partial charge in [0.15, 0.2) is 6.39 Å². The minimum absolute atomic E-state index is 0.205. The van der Waals surface area contributed by atoms with E-state index in [0.29, 0.717) is 12.5 Å². The Bertz CT molecular complexity index is 440. The lowest BCUT2D eigenvalue weighted by molar-refractivity contribution is 0.0166. The smallest absolute Gasteiger partial charge is 0.410 e. The van der Waals surface area contributed by atoms with Crippen molar-refractivity contribution in [2.45, 2.75) is 45.8 Å². The van der Waals surface area contributed by atoms with E-state index in [1.807, 2.05) is 25.7 Å². The number of hydrogen-bond donors (Lipinski definition) is 1. The molecule has 0 saturated carbocycles. The monoisotopic (exact) mass is 295 g/mol. The van der Waals surface area contributed by atoms with Gasteiger partial charge in [0.1, 0.15) is 11.9 Å². The molecule has 0 aromatic carbocycles. The van der Waals surface area contributed by atoms with Crippen LogP contribution in [0.2, 0.25) is 0 Å². The Kier molecular flexibility index (Phi) is 5.22. The summed E-state index contributed by atoms with van der Waals surface area (Å²) in [6, 6.07) is 0. The summed E-state index contributed by atoms with van der Waals surface area (Å²) in [6.45, 7) is 8.78. The summed E-state index contributed by atoms with van der Waals surface area (Å²) in [7, 11) is 0. The highest BCUT2D eigenvalue weighted by atomic mass is 16.6. The second-order valence-corrected chi connectivity index (χ2v) is 6.55. The first-order chi connectivity index (χ1) is 9.94. The molecule has 0 radical (unpaired) electrons. The van der Waals surface area contributed by atoms with Gasteiger partial charge in [0, 0.05) is 26.2 Å². The fourth-order valence-electron chi connectivity index (χ4n) is 2.45. The maximum Gasteiger partial charge on any atom is 0.410 e. The van der Waals surface area contributed by atoms with Gasteiger partial charge in [-0.1, -0.05) is 0 Å². The standard InChI is InChI=1S/C15H25N3O3/c1-15(2,3)21-14(19)18-6-4-5-12(9-18)7-16-8-13-10-20-11-17-13/h10-12,16H,4-9H2,1-3H3/t12-/m0/s1. The molecule has 118 valence electrons. The molecule has 0 unspecified atom stereocenters. The van der Waals surface area contributed by atoms with Gasteiger partial charge < -0.3 is 19.4 Å². The van der Waals surface area contributed by atoms with Gasteiger partial charge in [0.05, 0.1) is 5.69 Å². The van der Waals surface area contributed by atoms with Gasteiger partial charge >= 0.3 is 6.09 Å². The van der Waals surface area contributed by atoms with Crippen LogP contribution in [0, 0.1) is 5.92 Å². The first-order valence-electron chi connectivity index (χ1n) is 7.50. The minimum Gasteiger partial charge on any atom is -0.451 e. The predicted molar refractivity (Wildman–Crippen MR) is 78.7 cm³/mol. The summed E-state index contributed by atoms with van der Waals surface area (Å²) in [5.74, 6) is 0.457. The Morgan fingerprint density at radius 3 is 3.05 bits per heavy atom. The number of hydrogen-bond acceptors (Lipinski definition) is 5. The third kappa shape index (κ3) is 5.38. The van der Waals surface area contributed by atoms with E-state index < -0.39 is 5.60 Å². The van der Waals surface area contributed by atoms with Crippen molar-refractivity contribution in [3.63, 3.8) is 0 Å². The average Bonchev–Trinajstić information content (AvgIpc) is 2.90. The highest BCUT2D eigenvalue weighted by molar-refractivity contribution is 5.68. The number of rotatable bonds is 4. The molecule has 1 N–H and O–H groups in total. The number of oxazole rings is 1. The molecule has 1 aromatic rings. The maximum absolute atomic E-state index is 12.1. The molecule has 2 rings (SSSR count). The van der Waals surface area contributed by atoms with E-state index in [1.165, 1.54) is 6.39 Å². The van der Waals surface area contributed by atoms with E-state index in [4.69, 9.17) is 9.15 Å². The highest BCUT2D eigenvalue weighted by Gasteiger charge is 2.27. The fraction of sp³-hybridized carbons (Fsp3) is 0.733. The molecular weight excluding hydrogens is 270 g/mol. The van der Waals surface area contributed by atoms with E-state index in [9.17, 15) is 4.79 Å². The summed E-state index contributed by atoms with van der Waals surface area (Å²) >= 11 is 0. The molecule has 1 aliphatic heterocycles. The number of carbonyl (C=O) groups is 1. The number of ether oxygens (including phenoxy) is 1. The topological polar surface area (TPSA) is 67.6 Å². The molecule has 2 heterocycles. The highest BCUT2D eigenvalue weighted by Crippen LogP contribution is 2.18. The van der Waals surface area contributed by atoms with Crippen LogP contribution in [0.5, 0.6) is 0 Å². The summed E-state index contributed by atoms with van der Waals surface area (Å²) in [6.07, 6.45) is 5.02. The van der Waals surface area contributed by atoms with Crippen LogP contribution in [0.1, 0.15) is 39.3 Å². The number of nitrogens with one attached hydrogen (secondary N) is 1. The first kappa shape index (κ1) is 15.8. The number of aromatic nitrogens is 1. The lowest BCUT2D eigenvalue weighted by Crippen LogP contribution is -2.45. The van der Waals surface area contributed by atoms with E-state index in [1.54, 1.807) is 6.26 Å². The van der Waals surface area contributed by atoms with Crippen molar-refractivity contribution in [1.29, 1.82) is 0 Å². The minimum atomic E-state index is -0.435. The normalized spacial score (nSPS) is 19.6. The van der Waals surface area contributed by atoms with Crippen molar-refractivity contribution in [2.75, 3.05) is 19.6 Å². The number of amides is 1. The molecule has 1 fully saturated rings. The molecule has 1 aliphatic rings. The number of likely N-dealkylation sites (tertiary alicyclic amines) is 1. The van der Waals surface area contributed by atoms with Gasteiger partial charge in [0.25, 0.3) is 0 Å². The van der Waals surface area contributed by atoms with Gasteiger partial charge in [-0.3, -0.25) is 0 Å². The molecule has 0 aliphatic carbocycles. The van der Waals surface area contributed by atoms with Crippen LogP contribution in [0.15, 0.2) is 17.1 Å². The number of nitrogens with zero attached hydrogens (tertiary/aromatic N) is 2. The van der Waals surface area contributed by atoms with E-state index >= 15 is 0 Å². The van der Waals surface area contributed by atoms with Gasteiger partial charge in [0.2, 0.25) is 0 Å². The van der Waals surface area contributed by atoms with Crippen molar-refractivity contribution in [3.05, 3.63) is 18.4 Å². The molecule has 1 amide bonds. The SMILES string of the molecule is CC(C)(C)OC(=O)N1CCC[C@@H](CNCc2cocn2)C1. The summed E-state index contributed by atoms with van der Waals surface area (Å²) in [5, 5.41) is 3.36. The molecule has 21 heavy (non-hydrogen) atoms. The van der Waals surface area contributed by atoms with Crippen LogP contribution in [0.4, 0.5) is 4.79 Å². The van der Waals surface area contributed by atoms with Crippen LogP contribution in [0.3, 0.4) is 0 Å². The molecule has 1 atom stereocenters. The van der Waals surface area contributed by atoms with E-state index in [0.717, 1.165) is 38.2 Å². The maximum atomic E-state index is 12.1. The predicted octanol–water partition coefficient (Wildman–Crippen LogP) is 2.41. The van der Waals surface area contributed by atoms with Crippen molar-refractivity contribution >= 4 is 6.09 Å². The van der Waals surface area contributed by atoms with Crippen LogP contribution in [-0.2, 0) is 11.3 Å². The zero-order valence-corrected chi connectivity index (χ0v) is 13.1. The zero-order valence-electron chi connectivity index (χ0n) is 13.1. The summed E-state index contributed by atoms with van der Waals surface area (Å²) in [5.41, 5.74) is 0.463. The van der Waals surface area contributed by atoms with Crippen molar-refractivity contribution in [1.82, 2.24) is 15.2 Å². The fourth-order valence-corrected chi connectivity index (χ4v) is 2.45. The van der Waals surface area contributed by atoms with E-state index in [2.05, 4.69) is 10.3 Å². The number of piperidine rings is 1. The second kappa shape index (κ2) is 6.93. The molecule has 1 saturated heterocycles. The third-order valence-electron chi connectivity index (χ3n) is 3.39. The van der Waals surface area contributed by atoms with Gasteiger partial charge in [-0.15, -0.1) is 0 Å². The van der Waals surface area contributed by atoms with Crippen LogP contribution >= 0.6 is 0 Å². The van der Waals surface area contributed by atoms with Crippen LogP contribution in [-0.4, -0.2) is 41.2 Å². The zero-order chi connectivity index (χ0) is 15.3. The van der Waals surface area contributed by atoms with Gasteiger partial charge in [-0.2, -0.15) is 0 Å². The second-order valence-electron chi connectivity index (χ2n) is 6.55. The summed E-state index contributed by atoms with van der Waals surface area (Å²) in [4.78, 5) is 18.0. The Balaban J connectivity index is 1.74. The quantitative estimate of drug-likeness (QED) is 0.924. The van der Waals surface area contributed by atoms with Crippen LogP contribution < -0.4 is 5.32 Å². The van der Waals surface area contributed by atoms with Crippen molar-refractivity contribution in [3.8, 4) is 0 Å². The van der Waals surface area contributed by atoms with E-state index in [-0.39, 0.29) is 6.09 Å². The summed E-state index contributed by atoms with van der Waals surface area (Å²) < 4.78 is 10.4. The molecule has 0 spiro atoms. The average molecular weight is 295 g/mol. The molecule has 0 bridgehead atoms. The van der Waals surface area contributed by atoms with Crippen LogP contribution in [0.25, 0.3) is 0 Å². The lowest BCUT2D eigenvalue weighted by atomic mass is 9.98. The third-order valence-corrected chi connectivity index (χ3v) is 3.39. The van der Waals surface area contributed by atoms with Crippen molar-refractivity contribution < 1.29 is 13.9 Å². The number of carbonyl (C=O) groups excluding carboxylic acids is 1. The van der Waals surface area contributed by atoms with Crippen molar-refractivity contribution in [2.24, 2.45) is 5.92 Å². The first-order valence-corrected chi connectivity index (χ1v) is 7.50. The Morgan fingerprint density at radius 1 is 1.57 bits per heavy atom. The largest absolute Gasteiger partial charge is 0.451 e. The molecule has 1 aromatic heterocycles. The molecule has 6 heteroatoms. The Labute approximate surface area is 125 Å².